The van der Waals surface area contributed by atoms with E-state index in [4.69, 9.17) is 9.47 Å². The zero-order valence-electron chi connectivity index (χ0n) is 14.0. The molecule has 2 rings (SSSR count). The Bertz CT molecular complexity index is 727. The molecular formula is C19H21NO4. The third-order valence-corrected chi connectivity index (χ3v) is 3.58. The summed E-state index contributed by atoms with van der Waals surface area (Å²) in [4.78, 5) is 24.1. The highest BCUT2D eigenvalue weighted by Gasteiger charge is 2.18. The lowest BCUT2D eigenvalue weighted by molar-refractivity contribution is -0.122. The first-order chi connectivity index (χ1) is 11.5. The number of anilines is 1. The Morgan fingerprint density at radius 2 is 1.88 bits per heavy atom. The second-order valence-corrected chi connectivity index (χ2v) is 5.29. The number of carbonyl (C=O) groups is 2. The highest BCUT2D eigenvalue weighted by atomic mass is 16.5. The molecule has 0 saturated carbocycles. The summed E-state index contributed by atoms with van der Waals surface area (Å²) in [6.45, 7) is 3.72. The van der Waals surface area contributed by atoms with Crippen molar-refractivity contribution >= 4 is 17.6 Å². The summed E-state index contributed by atoms with van der Waals surface area (Å²) in [6.07, 6.45) is 0.187. The summed E-state index contributed by atoms with van der Waals surface area (Å²) < 4.78 is 10.4. The number of rotatable bonds is 6. The zero-order chi connectivity index (χ0) is 17.5. The van der Waals surface area contributed by atoms with Crippen molar-refractivity contribution in [2.75, 3.05) is 12.4 Å². The predicted octanol–water partition coefficient (Wildman–Crippen LogP) is 3.44. The van der Waals surface area contributed by atoms with Crippen molar-refractivity contribution in [3.05, 3.63) is 59.7 Å². The van der Waals surface area contributed by atoms with Gasteiger partial charge in [0.15, 0.2) is 6.10 Å². The number of ether oxygens (including phenoxy) is 2. The van der Waals surface area contributed by atoms with Crippen LogP contribution in [0.4, 0.5) is 5.69 Å². The maximum Gasteiger partial charge on any atom is 0.339 e. The molecule has 0 radical (unpaired) electrons. The largest absolute Gasteiger partial charge is 0.481 e. The first kappa shape index (κ1) is 17.5. The summed E-state index contributed by atoms with van der Waals surface area (Å²) in [7, 11) is 1.30. The van der Waals surface area contributed by atoms with Crippen molar-refractivity contribution in [2.24, 2.45) is 0 Å². The summed E-state index contributed by atoms with van der Waals surface area (Å²) in [5.74, 6) is -0.207. The zero-order valence-corrected chi connectivity index (χ0v) is 14.0. The Morgan fingerprint density at radius 3 is 2.58 bits per heavy atom. The van der Waals surface area contributed by atoms with Crippen LogP contribution >= 0.6 is 0 Å². The van der Waals surface area contributed by atoms with Gasteiger partial charge in [-0.2, -0.15) is 0 Å². The molecule has 1 atom stereocenters. The van der Waals surface area contributed by atoms with Crippen LogP contribution in [0.25, 0.3) is 0 Å². The molecule has 2 aromatic carbocycles. The van der Waals surface area contributed by atoms with Crippen LogP contribution in [0.5, 0.6) is 5.75 Å². The Kier molecular flexibility index (Phi) is 5.95. The Morgan fingerprint density at radius 1 is 1.12 bits per heavy atom. The summed E-state index contributed by atoms with van der Waals surface area (Å²) in [6, 6.07) is 14.3. The van der Waals surface area contributed by atoms with E-state index in [1.165, 1.54) is 7.11 Å². The predicted molar refractivity (Wildman–Crippen MR) is 92.3 cm³/mol. The number of carbonyl (C=O) groups excluding carboxylic acids is 2. The fraction of sp³-hybridized carbons (Fsp3) is 0.263. The van der Waals surface area contributed by atoms with Gasteiger partial charge in [0.25, 0.3) is 5.91 Å². The first-order valence-electron chi connectivity index (χ1n) is 7.79. The fourth-order valence-electron chi connectivity index (χ4n) is 2.21. The van der Waals surface area contributed by atoms with Gasteiger partial charge < -0.3 is 14.8 Å². The van der Waals surface area contributed by atoms with Crippen molar-refractivity contribution in [2.45, 2.75) is 26.4 Å². The van der Waals surface area contributed by atoms with E-state index in [1.807, 2.05) is 24.3 Å². The van der Waals surface area contributed by atoms with Crippen LogP contribution in [0.1, 0.15) is 29.8 Å². The minimum absolute atomic E-state index is 0.300. The van der Waals surface area contributed by atoms with E-state index in [9.17, 15) is 9.59 Å². The molecule has 0 spiro atoms. The molecule has 0 heterocycles. The Hall–Kier alpha value is -2.82. The molecule has 0 saturated heterocycles. The number of hydrogen-bond acceptors (Lipinski definition) is 4. The minimum Gasteiger partial charge on any atom is -0.481 e. The number of aryl methyl sites for hydroxylation is 1. The van der Waals surface area contributed by atoms with E-state index < -0.39 is 12.1 Å². The second kappa shape index (κ2) is 8.15. The molecule has 5 heteroatoms. The van der Waals surface area contributed by atoms with E-state index in [2.05, 4.69) is 12.2 Å². The lowest BCUT2D eigenvalue weighted by atomic mass is 10.1. The van der Waals surface area contributed by atoms with Gasteiger partial charge in [-0.1, -0.05) is 31.2 Å². The number of para-hydroxylation sites is 1. The van der Waals surface area contributed by atoms with Crippen molar-refractivity contribution in [3.8, 4) is 5.75 Å². The lowest BCUT2D eigenvalue weighted by Gasteiger charge is -2.16. The van der Waals surface area contributed by atoms with Gasteiger partial charge in [-0.15, -0.1) is 0 Å². The molecule has 0 aromatic heterocycles. The Labute approximate surface area is 141 Å². The fourth-order valence-corrected chi connectivity index (χ4v) is 2.21. The van der Waals surface area contributed by atoms with Crippen molar-refractivity contribution in [3.63, 3.8) is 0 Å². The summed E-state index contributed by atoms with van der Waals surface area (Å²) >= 11 is 0. The van der Waals surface area contributed by atoms with Crippen LogP contribution in [-0.2, 0) is 16.0 Å². The molecule has 5 nitrogen and oxygen atoms in total. The average Bonchev–Trinajstić information content (AvgIpc) is 2.61. The van der Waals surface area contributed by atoms with Crippen LogP contribution < -0.4 is 10.1 Å². The third-order valence-electron chi connectivity index (χ3n) is 3.58. The van der Waals surface area contributed by atoms with Crippen LogP contribution in [0.3, 0.4) is 0 Å². The van der Waals surface area contributed by atoms with Crippen molar-refractivity contribution in [1.29, 1.82) is 0 Å². The van der Waals surface area contributed by atoms with Crippen LogP contribution in [0.15, 0.2) is 48.5 Å². The van der Waals surface area contributed by atoms with E-state index in [1.54, 1.807) is 31.2 Å². The maximum atomic E-state index is 12.3. The van der Waals surface area contributed by atoms with Gasteiger partial charge in [0.05, 0.1) is 18.4 Å². The van der Waals surface area contributed by atoms with Gasteiger partial charge in [-0.05, 0) is 43.2 Å². The van der Waals surface area contributed by atoms with Gasteiger partial charge in [-0.3, -0.25) is 4.79 Å². The standard InChI is InChI=1S/C19H21NO4/c1-4-14-8-7-9-15(12-14)24-13(2)18(21)20-17-11-6-5-10-16(17)19(22)23-3/h5-13H,4H2,1-3H3,(H,20,21). The monoisotopic (exact) mass is 327 g/mol. The van der Waals surface area contributed by atoms with Gasteiger partial charge >= 0.3 is 5.97 Å². The number of hydrogen-bond donors (Lipinski definition) is 1. The molecule has 0 fully saturated rings. The summed E-state index contributed by atoms with van der Waals surface area (Å²) in [5.41, 5.74) is 1.83. The number of amides is 1. The molecule has 1 amide bonds. The van der Waals surface area contributed by atoms with E-state index in [0.29, 0.717) is 17.0 Å². The van der Waals surface area contributed by atoms with E-state index >= 15 is 0 Å². The van der Waals surface area contributed by atoms with Crippen LogP contribution in [0, 0.1) is 0 Å². The molecule has 0 aliphatic rings. The van der Waals surface area contributed by atoms with Crippen molar-refractivity contribution in [1.82, 2.24) is 0 Å². The molecule has 0 bridgehead atoms. The molecular weight excluding hydrogens is 306 g/mol. The number of benzene rings is 2. The summed E-state index contributed by atoms with van der Waals surface area (Å²) in [5, 5.41) is 2.71. The quantitative estimate of drug-likeness (QED) is 0.826. The maximum absolute atomic E-state index is 12.3. The minimum atomic E-state index is -0.706. The molecule has 1 unspecified atom stereocenters. The Balaban J connectivity index is 2.08. The topological polar surface area (TPSA) is 64.6 Å². The SMILES string of the molecule is CCc1cccc(OC(C)C(=O)Nc2ccccc2C(=O)OC)c1. The van der Waals surface area contributed by atoms with Crippen molar-refractivity contribution < 1.29 is 19.1 Å². The van der Waals surface area contributed by atoms with E-state index in [0.717, 1.165) is 12.0 Å². The third kappa shape index (κ3) is 4.35. The van der Waals surface area contributed by atoms with E-state index in [-0.39, 0.29) is 5.91 Å². The first-order valence-corrected chi connectivity index (χ1v) is 7.79. The normalized spacial score (nSPS) is 11.5. The molecule has 0 aliphatic carbocycles. The second-order valence-electron chi connectivity index (χ2n) is 5.29. The van der Waals surface area contributed by atoms with Gasteiger partial charge in [0.1, 0.15) is 5.75 Å². The van der Waals surface area contributed by atoms with Gasteiger partial charge in [-0.25, -0.2) is 4.79 Å². The van der Waals surface area contributed by atoms with Crippen LogP contribution in [-0.4, -0.2) is 25.1 Å². The highest BCUT2D eigenvalue weighted by Crippen LogP contribution is 2.18. The lowest BCUT2D eigenvalue weighted by Crippen LogP contribution is -2.30. The van der Waals surface area contributed by atoms with Gasteiger partial charge in [0.2, 0.25) is 0 Å². The smallest absolute Gasteiger partial charge is 0.339 e. The average molecular weight is 327 g/mol. The molecule has 1 N–H and O–H groups in total. The number of esters is 1. The van der Waals surface area contributed by atoms with Crippen LogP contribution in [0.2, 0.25) is 0 Å². The molecule has 2 aromatic rings. The highest BCUT2D eigenvalue weighted by molar-refractivity contribution is 6.02. The molecule has 126 valence electrons. The number of methoxy groups -OCH3 is 1. The number of nitrogens with one attached hydrogen (secondary N) is 1. The van der Waals surface area contributed by atoms with Gasteiger partial charge in [0, 0.05) is 0 Å². The molecule has 0 aliphatic heterocycles. The molecule has 24 heavy (non-hydrogen) atoms.